The van der Waals surface area contributed by atoms with Gasteiger partial charge in [0, 0.05) is 33.3 Å². The van der Waals surface area contributed by atoms with Gasteiger partial charge >= 0.3 is 0 Å². The summed E-state index contributed by atoms with van der Waals surface area (Å²) in [5, 5.41) is 6.07. The van der Waals surface area contributed by atoms with Crippen molar-refractivity contribution < 1.29 is 9.53 Å². The molecule has 0 aromatic heterocycles. The molecule has 0 amide bonds. The van der Waals surface area contributed by atoms with E-state index in [0.717, 1.165) is 49.1 Å². The number of carbonyl (C=O) groups is 1. The molecule has 3 nitrogen and oxygen atoms in total. The summed E-state index contributed by atoms with van der Waals surface area (Å²) < 4.78 is 7.84. The van der Waals surface area contributed by atoms with Crippen LogP contribution in [0.1, 0.15) is 43.9 Å². The largest absolute Gasteiger partial charge is 0.488 e. The molecule has 1 atom stereocenters. The van der Waals surface area contributed by atoms with Crippen molar-refractivity contribution in [3.05, 3.63) is 86.8 Å². The van der Waals surface area contributed by atoms with Crippen molar-refractivity contribution in [1.29, 1.82) is 0 Å². The summed E-state index contributed by atoms with van der Waals surface area (Å²) in [5.74, 6) is 0.924. The smallest absolute Gasteiger partial charge is 0.162 e. The number of ketones is 1. The summed E-state index contributed by atoms with van der Waals surface area (Å²) in [6, 6.07) is 16.4. The first kappa shape index (κ1) is 22.4. The molecule has 0 saturated heterocycles. The topological polar surface area (TPSA) is 38.3 Å². The Morgan fingerprint density at radius 1 is 1.15 bits per heavy atom. The van der Waals surface area contributed by atoms with Crippen LogP contribution in [0.2, 0.25) is 0 Å². The number of ether oxygens (including phenoxy) is 1. The number of fused-ring (bicyclic) bond motifs is 4. The molecule has 5 heteroatoms. The number of halogens is 2. The monoisotopic (exact) mass is 565 g/mol. The molecule has 0 spiro atoms. The van der Waals surface area contributed by atoms with Crippen molar-refractivity contribution in [2.45, 2.75) is 32.7 Å². The maximum absolute atomic E-state index is 13.7. The van der Waals surface area contributed by atoms with Crippen LogP contribution in [0.3, 0.4) is 0 Å². The van der Waals surface area contributed by atoms with Crippen LogP contribution < -0.4 is 10.1 Å². The van der Waals surface area contributed by atoms with Gasteiger partial charge in [-0.3, -0.25) is 4.79 Å². The second-order valence-corrected chi connectivity index (χ2v) is 11.3. The van der Waals surface area contributed by atoms with Crippen molar-refractivity contribution in [2.75, 3.05) is 11.9 Å². The number of benzene rings is 3. The molecule has 1 N–H and O–H groups in total. The van der Waals surface area contributed by atoms with Gasteiger partial charge in [-0.05, 0) is 62.3 Å². The predicted octanol–water partition coefficient (Wildman–Crippen LogP) is 8.24. The van der Waals surface area contributed by atoms with E-state index in [4.69, 9.17) is 4.74 Å². The van der Waals surface area contributed by atoms with Gasteiger partial charge in [-0.15, -0.1) is 0 Å². The van der Waals surface area contributed by atoms with Crippen LogP contribution in [0.4, 0.5) is 5.69 Å². The molecule has 0 bridgehead atoms. The lowest BCUT2D eigenvalue weighted by atomic mass is 9.68. The van der Waals surface area contributed by atoms with E-state index >= 15 is 0 Å². The SMILES string of the molecule is C=CCOc1c(Br)cc(Br)cc1[C@@H]1Nc2ccc3ccccc3c2C2=C1C(=O)CC(C)(C)C2. The lowest BCUT2D eigenvalue weighted by Crippen LogP contribution is -2.33. The number of hydrogen-bond acceptors (Lipinski definition) is 3. The third kappa shape index (κ3) is 3.95. The quantitative estimate of drug-likeness (QED) is 0.323. The van der Waals surface area contributed by atoms with Crippen molar-refractivity contribution in [3.8, 4) is 5.75 Å². The summed E-state index contributed by atoms with van der Waals surface area (Å²) in [6.45, 7) is 8.54. The van der Waals surface area contributed by atoms with Crippen molar-refractivity contribution in [2.24, 2.45) is 5.41 Å². The number of Topliss-reactive ketones (excluding diaryl/α,β-unsaturated/α-hetero) is 1. The van der Waals surface area contributed by atoms with E-state index in [1.54, 1.807) is 6.08 Å². The summed E-state index contributed by atoms with van der Waals surface area (Å²) >= 11 is 7.30. The van der Waals surface area contributed by atoms with Crippen LogP contribution in [-0.4, -0.2) is 12.4 Å². The molecule has 1 aliphatic heterocycles. The number of allylic oxidation sites excluding steroid dienone is 1. The highest BCUT2D eigenvalue weighted by atomic mass is 79.9. The molecule has 5 rings (SSSR count). The highest BCUT2D eigenvalue weighted by Gasteiger charge is 2.41. The molecule has 33 heavy (non-hydrogen) atoms. The predicted molar refractivity (Wildman–Crippen MR) is 143 cm³/mol. The van der Waals surface area contributed by atoms with Gasteiger partial charge in [0.05, 0.1) is 10.5 Å². The first-order valence-electron chi connectivity index (χ1n) is 11.1. The third-order valence-corrected chi connectivity index (χ3v) is 7.48. The second-order valence-electron chi connectivity index (χ2n) is 9.53. The molecule has 3 aromatic carbocycles. The van der Waals surface area contributed by atoms with Crippen LogP contribution in [0.15, 0.2) is 75.7 Å². The Hall–Kier alpha value is -2.37. The van der Waals surface area contributed by atoms with Gasteiger partial charge in [0.15, 0.2) is 5.78 Å². The molecule has 168 valence electrons. The zero-order valence-corrected chi connectivity index (χ0v) is 21.8. The molecule has 0 fully saturated rings. The molecular weight excluding hydrogens is 542 g/mol. The van der Waals surface area contributed by atoms with Crippen LogP contribution in [0, 0.1) is 5.41 Å². The van der Waals surface area contributed by atoms with Crippen molar-refractivity contribution in [3.63, 3.8) is 0 Å². The van der Waals surface area contributed by atoms with Crippen LogP contribution in [0.5, 0.6) is 5.75 Å². The molecule has 0 saturated carbocycles. The molecular formula is C28H25Br2NO2. The number of nitrogens with one attached hydrogen (secondary N) is 1. The fourth-order valence-electron chi connectivity index (χ4n) is 5.16. The second kappa shape index (κ2) is 8.44. The molecule has 1 heterocycles. The first-order valence-corrected chi connectivity index (χ1v) is 12.7. The van der Waals surface area contributed by atoms with Crippen LogP contribution in [-0.2, 0) is 4.79 Å². The van der Waals surface area contributed by atoms with Gasteiger partial charge in [-0.2, -0.15) is 0 Å². The Morgan fingerprint density at radius 2 is 1.94 bits per heavy atom. The van der Waals surface area contributed by atoms with Gasteiger partial charge in [-0.25, -0.2) is 0 Å². The minimum atomic E-state index is -0.300. The summed E-state index contributed by atoms with van der Waals surface area (Å²) in [5.41, 5.74) is 5.05. The lowest BCUT2D eigenvalue weighted by Gasteiger charge is -2.40. The average Bonchev–Trinajstić information content (AvgIpc) is 2.76. The Morgan fingerprint density at radius 3 is 2.73 bits per heavy atom. The van der Waals surface area contributed by atoms with Crippen molar-refractivity contribution in [1.82, 2.24) is 0 Å². The minimum Gasteiger partial charge on any atom is -0.488 e. The first-order chi connectivity index (χ1) is 15.8. The average molecular weight is 567 g/mol. The summed E-state index contributed by atoms with van der Waals surface area (Å²) in [6.07, 6.45) is 3.11. The highest BCUT2D eigenvalue weighted by molar-refractivity contribution is 9.11. The molecule has 0 radical (unpaired) electrons. The van der Waals surface area contributed by atoms with Gasteiger partial charge in [0.25, 0.3) is 0 Å². The maximum Gasteiger partial charge on any atom is 0.162 e. The number of rotatable bonds is 4. The Bertz CT molecular complexity index is 1340. The highest BCUT2D eigenvalue weighted by Crippen LogP contribution is 2.53. The normalized spacial score (nSPS) is 19.0. The van der Waals surface area contributed by atoms with E-state index in [9.17, 15) is 4.79 Å². The molecule has 0 unspecified atom stereocenters. The number of hydrogen-bond donors (Lipinski definition) is 1. The summed E-state index contributed by atoms with van der Waals surface area (Å²) in [4.78, 5) is 13.7. The van der Waals surface area contributed by atoms with Crippen LogP contribution in [0.25, 0.3) is 16.3 Å². The van der Waals surface area contributed by atoms with E-state index in [0.29, 0.717) is 13.0 Å². The summed E-state index contributed by atoms with van der Waals surface area (Å²) in [7, 11) is 0. The van der Waals surface area contributed by atoms with Gasteiger partial charge in [0.2, 0.25) is 0 Å². The lowest BCUT2D eigenvalue weighted by molar-refractivity contribution is -0.118. The van der Waals surface area contributed by atoms with Crippen LogP contribution >= 0.6 is 31.9 Å². The fourth-order valence-corrected chi connectivity index (χ4v) is 6.53. The zero-order chi connectivity index (χ0) is 23.3. The van der Waals surface area contributed by atoms with E-state index < -0.39 is 0 Å². The Labute approximate surface area is 211 Å². The van der Waals surface area contributed by atoms with E-state index in [1.807, 2.05) is 12.1 Å². The molecule has 1 aliphatic carbocycles. The van der Waals surface area contributed by atoms with E-state index in [2.05, 4.69) is 94.0 Å². The third-order valence-electron chi connectivity index (χ3n) is 6.43. The number of carbonyl (C=O) groups excluding carboxylic acids is 1. The van der Waals surface area contributed by atoms with Gasteiger partial charge in [0.1, 0.15) is 12.4 Å². The number of anilines is 1. The standard InChI is InChI=1S/C28H25Br2NO2/c1-4-11-33-27-19(12-17(29)13-21(27)30)26-25-20(14-28(2,3)15-23(25)32)24-18-8-6-5-7-16(18)9-10-22(24)31-26/h4-10,12-13,26,31H,1,11,14-15H2,2-3H3/t26-/m0/s1. The Balaban J connectivity index is 1.79. The Kier molecular flexibility index (Phi) is 5.74. The van der Waals surface area contributed by atoms with Gasteiger partial charge < -0.3 is 10.1 Å². The maximum atomic E-state index is 13.7. The fraction of sp³-hybridized carbons (Fsp3) is 0.250. The van der Waals surface area contributed by atoms with Gasteiger partial charge in [-0.1, -0.05) is 72.8 Å². The van der Waals surface area contributed by atoms with E-state index in [-0.39, 0.29) is 17.2 Å². The zero-order valence-electron chi connectivity index (χ0n) is 18.7. The molecule has 2 aliphatic rings. The minimum absolute atomic E-state index is 0.0912. The van der Waals surface area contributed by atoms with E-state index in [1.165, 1.54) is 10.8 Å². The van der Waals surface area contributed by atoms with Crippen molar-refractivity contribution >= 4 is 59.7 Å². The molecule has 3 aromatic rings.